The molecule has 1 aromatic carbocycles. The van der Waals surface area contributed by atoms with Crippen LogP contribution in [0.5, 0.6) is 5.75 Å². The van der Waals surface area contributed by atoms with E-state index in [1.54, 1.807) is 12.1 Å². The zero-order valence-electron chi connectivity index (χ0n) is 13.5. The molecule has 3 N–H and O–H groups in total. The molecule has 5 nitrogen and oxygen atoms in total. The second-order valence-corrected chi connectivity index (χ2v) is 8.96. The molecule has 0 amide bonds. The topological polar surface area (TPSA) is 81.4 Å². The molecule has 1 heterocycles. The lowest BCUT2D eigenvalue weighted by atomic mass is 9.90. The van der Waals surface area contributed by atoms with E-state index < -0.39 is 15.6 Å². The first-order valence-electron chi connectivity index (χ1n) is 7.82. The summed E-state index contributed by atoms with van der Waals surface area (Å²) in [4.78, 5) is 0. The average Bonchev–Trinajstić information content (AvgIpc) is 3.20. The fourth-order valence-corrected chi connectivity index (χ4v) is 4.39. The van der Waals surface area contributed by atoms with E-state index in [0.29, 0.717) is 23.8 Å². The number of nitrogen functional groups attached to an aromatic ring is 1. The molecule has 130 valence electrons. The van der Waals surface area contributed by atoms with Crippen LogP contribution in [0.2, 0.25) is 0 Å². The summed E-state index contributed by atoms with van der Waals surface area (Å²) in [5.74, 6) is 1.51. The highest BCUT2D eigenvalue weighted by atomic mass is 35.5. The molecule has 0 spiro atoms. The van der Waals surface area contributed by atoms with Gasteiger partial charge in [0.15, 0.2) is 0 Å². The van der Waals surface area contributed by atoms with E-state index in [4.69, 9.17) is 10.5 Å². The van der Waals surface area contributed by atoms with Gasteiger partial charge in [0.1, 0.15) is 11.4 Å². The first kappa shape index (κ1) is 18.4. The largest absolute Gasteiger partial charge is 0.487 e. The van der Waals surface area contributed by atoms with Crippen LogP contribution >= 0.6 is 12.4 Å². The molecule has 23 heavy (non-hydrogen) atoms. The van der Waals surface area contributed by atoms with Gasteiger partial charge in [-0.1, -0.05) is 12.8 Å². The van der Waals surface area contributed by atoms with Crippen LogP contribution in [0.25, 0.3) is 0 Å². The molecule has 1 aliphatic carbocycles. The molecular weight excluding hydrogens is 336 g/mol. The first-order valence-corrected chi connectivity index (χ1v) is 9.48. The summed E-state index contributed by atoms with van der Waals surface area (Å²) in [7, 11) is -3.29. The maximum absolute atomic E-state index is 12.4. The number of hydrogen-bond acceptors (Lipinski definition) is 4. The number of rotatable bonds is 5. The Bertz CT molecular complexity index is 672. The molecule has 1 saturated carbocycles. The third-order valence-electron chi connectivity index (χ3n) is 4.30. The van der Waals surface area contributed by atoms with Crippen molar-refractivity contribution in [2.45, 2.75) is 51.2 Å². The van der Waals surface area contributed by atoms with Crippen LogP contribution < -0.4 is 15.2 Å². The first-order chi connectivity index (χ1) is 10.2. The van der Waals surface area contributed by atoms with Gasteiger partial charge >= 0.3 is 0 Å². The van der Waals surface area contributed by atoms with E-state index in [-0.39, 0.29) is 24.2 Å². The van der Waals surface area contributed by atoms with E-state index in [1.807, 2.05) is 19.9 Å². The second-order valence-electron chi connectivity index (χ2n) is 7.08. The maximum atomic E-state index is 12.4. The highest BCUT2D eigenvalue weighted by Crippen LogP contribution is 2.41. The fourth-order valence-electron chi connectivity index (χ4n) is 2.98. The van der Waals surface area contributed by atoms with Gasteiger partial charge in [0.05, 0.1) is 11.8 Å². The molecule has 1 aliphatic heterocycles. The van der Waals surface area contributed by atoms with Crippen LogP contribution in [0.1, 0.15) is 51.1 Å². The van der Waals surface area contributed by atoms with Gasteiger partial charge in [-0.05, 0) is 44.4 Å². The Hall–Kier alpha value is -0.980. The van der Waals surface area contributed by atoms with Gasteiger partial charge < -0.3 is 10.5 Å². The second kappa shape index (κ2) is 6.49. The Labute approximate surface area is 144 Å². The van der Waals surface area contributed by atoms with Crippen LogP contribution in [0.15, 0.2) is 18.2 Å². The minimum absolute atomic E-state index is 0. The van der Waals surface area contributed by atoms with Crippen molar-refractivity contribution in [2.24, 2.45) is 5.92 Å². The van der Waals surface area contributed by atoms with Crippen LogP contribution in [-0.2, 0) is 10.0 Å². The summed E-state index contributed by atoms with van der Waals surface area (Å²) in [6, 6.07) is 5.11. The van der Waals surface area contributed by atoms with E-state index in [9.17, 15) is 8.42 Å². The fraction of sp³-hybridized carbons (Fsp3) is 0.625. The molecule has 1 atom stereocenters. The van der Waals surface area contributed by atoms with Crippen LogP contribution in [0.4, 0.5) is 5.69 Å². The molecule has 7 heteroatoms. The number of ether oxygens (including phenoxy) is 1. The summed E-state index contributed by atoms with van der Waals surface area (Å²) < 4.78 is 33.5. The Morgan fingerprint density at radius 1 is 1.35 bits per heavy atom. The predicted octanol–water partition coefficient (Wildman–Crippen LogP) is 3.01. The predicted molar refractivity (Wildman–Crippen MR) is 94.4 cm³/mol. The van der Waals surface area contributed by atoms with E-state index in [2.05, 4.69) is 4.72 Å². The average molecular weight is 361 g/mol. The highest BCUT2D eigenvalue weighted by molar-refractivity contribution is 7.89. The van der Waals surface area contributed by atoms with Gasteiger partial charge in [0, 0.05) is 17.7 Å². The van der Waals surface area contributed by atoms with Crippen molar-refractivity contribution in [3.8, 4) is 5.75 Å². The van der Waals surface area contributed by atoms with Crippen molar-refractivity contribution in [1.29, 1.82) is 0 Å². The highest BCUT2D eigenvalue weighted by Gasteiger charge is 2.36. The van der Waals surface area contributed by atoms with Gasteiger partial charge in [-0.15, -0.1) is 12.4 Å². The van der Waals surface area contributed by atoms with Crippen molar-refractivity contribution in [1.82, 2.24) is 4.72 Å². The minimum atomic E-state index is -3.29. The third-order valence-corrected chi connectivity index (χ3v) is 5.72. The zero-order chi connectivity index (χ0) is 16.0. The van der Waals surface area contributed by atoms with Crippen LogP contribution in [0.3, 0.4) is 0 Å². The van der Waals surface area contributed by atoms with Crippen LogP contribution in [-0.4, -0.2) is 19.8 Å². The Morgan fingerprint density at radius 2 is 2.04 bits per heavy atom. The Kier molecular flexibility index (Phi) is 5.18. The lowest BCUT2D eigenvalue weighted by Crippen LogP contribution is -2.41. The number of fused-ring (bicyclic) bond motifs is 1. The van der Waals surface area contributed by atoms with Crippen LogP contribution in [0, 0.1) is 5.92 Å². The molecule has 0 saturated heterocycles. The van der Waals surface area contributed by atoms with Gasteiger partial charge in [-0.3, -0.25) is 0 Å². The number of sulfonamides is 1. The van der Waals surface area contributed by atoms with Crippen molar-refractivity contribution >= 4 is 28.1 Å². The van der Waals surface area contributed by atoms with E-state index in [1.165, 1.54) is 12.8 Å². The number of nitrogens with two attached hydrogens (primary N) is 1. The molecule has 0 aromatic heterocycles. The number of halogens is 1. The number of benzene rings is 1. The van der Waals surface area contributed by atoms with Gasteiger partial charge in [0.2, 0.25) is 10.0 Å². The summed E-state index contributed by atoms with van der Waals surface area (Å²) in [5.41, 5.74) is 6.88. The van der Waals surface area contributed by atoms with Crippen molar-refractivity contribution < 1.29 is 13.2 Å². The minimum Gasteiger partial charge on any atom is -0.487 e. The Morgan fingerprint density at radius 3 is 2.70 bits per heavy atom. The standard InChI is InChI=1S/C16H24N2O3S.ClH/c1-16(2)10-14(13-9-12(17)5-6-15(13)21-16)18-22(19,20)8-7-11-3-4-11;/h5-6,9,11,14,18H,3-4,7-8,10,17H2,1-2H3;1H. The smallest absolute Gasteiger partial charge is 0.212 e. The summed E-state index contributed by atoms with van der Waals surface area (Å²) >= 11 is 0. The molecule has 1 aromatic rings. The zero-order valence-corrected chi connectivity index (χ0v) is 15.2. The molecular formula is C16H25ClN2O3S. The van der Waals surface area contributed by atoms with Gasteiger partial charge in [0.25, 0.3) is 0 Å². The molecule has 1 unspecified atom stereocenters. The number of hydrogen-bond donors (Lipinski definition) is 2. The van der Waals surface area contributed by atoms with Crippen molar-refractivity contribution in [2.75, 3.05) is 11.5 Å². The monoisotopic (exact) mass is 360 g/mol. The van der Waals surface area contributed by atoms with Gasteiger partial charge in [-0.2, -0.15) is 0 Å². The molecule has 0 bridgehead atoms. The van der Waals surface area contributed by atoms with Crippen molar-refractivity contribution in [3.63, 3.8) is 0 Å². The van der Waals surface area contributed by atoms with E-state index in [0.717, 1.165) is 12.0 Å². The quantitative estimate of drug-likeness (QED) is 0.791. The molecule has 0 radical (unpaired) electrons. The molecule has 3 rings (SSSR count). The number of nitrogens with one attached hydrogen (secondary N) is 1. The summed E-state index contributed by atoms with van der Waals surface area (Å²) in [6.07, 6.45) is 3.68. The lowest BCUT2D eigenvalue weighted by molar-refractivity contribution is 0.0702. The summed E-state index contributed by atoms with van der Waals surface area (Å²) in [6.45, 7) is 3.94. The third kappa shape index (κ3) is 4.75. The lowest BCUT2D eigenvalue weighted by Gasteiger charge is -2.37. The normalized spacial score (nSPS) is 22.6. The SMILES string of the molecule is CC1(C)CC(NS(=O)(=O)CCC2CC2)c2cc(N)ccc2O1.Cl. The molecule has 2 aliphatic rings. The number of anilines is 1. The van der Waals surface area contributed by atoms with E-state index >= 15 is 0 Å². The van der Waals surface area contributed by atoms with Crippen molar-refractivity contribution in [3.05, 3.63) is 23.8 Å². The Balaban J connectivity index is 0.00000192. The molecule has 1 fully saturated rings. The summed E-state index contributed by atoms with van der Waals surface area (Å²) in [5, 5.41) is 0. The van der Waals surface area contributed by atoms with Gasteiger partial charge in [-0.25, -0.2) is 13.1 Å². The maximum Gasteiger partial charge on any atom is 0.212 e.